The third-order valence-corrected chi connectivity index (χ3v) is 4.25. The molecular formula is C15H14Cl2N4O. The molecule has 1 aromatic heterocycles. The second kappa shape index (κ2) is 6.60. The smallest absolute Gasteiger partial charge is 0.270 e. The van der Waals surface area contributed by atoms with Crippen LogP contribution >= 0.6 is 23.2 Å². The van der Waals surface area contributed by atoms with Crippen molar-refractivity contribution in [1.29, 1.82) is 0 Å². The summed E-state index contributed by atoms with van der Waals surface area (Å²) in [6, 6.07) is 7.02. The standard InChI is InChI=1S/C15H14Cl2N4O/c16-11-2-1-9(5-12(11)17)13-6-14(20-8-19-13)15(22)21-10-3-4-18-7-10/h1-2,5-6,8,10,18H,3-4,7H2,(H,21,22)/t10-/m1/s1. The number of amides is 1. The molecule has 114 valence electrons. The second-order valence-corrected chi connectivity index (χ2v) is 5.89. The first-order valence-electron chi connectivity index (χ1n) is 6.92. The summed E-state index contributed by atoms with van der Waals surface area (Å²) in [7, 11) is 0. The number of hydrogen-bond acceptors (Lipinski definition) is 4. The van der Waals surface area contributed by atoms with E-state index in [2.05, 4.69) is 20.6 Å². The van der Waals surface area contributed by atoms with E-state index in [1.807, 2.05) is 0 Å². The van der Waals surface area contributed by atoms with Crippen LogP contribution in [0.5, 0.6) is 0 Å². The van der Waals surface area contributed by atoms with Crippen molar-refractivity contribution in [1.82, 2.24) is 20.6 Å². The van der Waals surface area contributed by atoms with Gasteiger partial charge in [-0.1, -0.05) is 29.3 Å². The number of nitrogens with one attached hydrogen (secondary N) is 2. The summed E-state index contributed by atoms with van der Waals surface area (Å²) in [5.74, 6) is -0.197. The number of hydrogen-bond donors (Lipinski definition) is 2. The predicted molar refractivity (Wildman–Crippen MR) is 86.2 cm³/mol. The molecule has 3 rings (SSSR count). The highest BCUT2D eigenvalue weighted by molar-refractivity contribution is 6.42. The molecule has 1 aliphatic rings. The topological polar surface area (TPSA) is 66.9 Å². The van der Waals surface area contributed by atoms with Crippen LogP contribution in [0, 0.1) is 0 Å². The maximum Gasteiger partial charge on any atom is 0.270 e. The summed E-state index contributed by atoms with van der Waals surface area (Å²) < 4.78 is 0. The zero-order valence-electron chi connectivity index (χ0n) is 11.6. The van der Waals surface area contributed by atoms with Crippen LogP contribution in [0.4, 0.5) is 0 Å². The summed E-state index contributed by atoms with van der Waals surface area (Å²) >= 11 is 11.9. The van der Waals surface area contributed by atoms with Crippen LogP contribution in [0.25, 0.3) is 11.3 Å². The van der Waals surface area contributed by atoms with Crippen molar-refractivity contribution in [2.75, 3.05) is 13.1 Å². The Morgan fingerprint density at radius 3 is 2.82 bits per heavy atom. The highest BCUT2D eigenvalue weighted by Crippen LogP contribution is 2.27. The quantitative estimate of drug-likeness (QED) is 0.903. The lowest BCUT2D eigenvalue weighted by molar-refractivity contribution is 0.0935. The molecule has 0 aliphatic carbocycles. The highest BCUT2D eigenvalue weighted by Gasteiger charge is 2.18. The number of nitrogens with zero attached hydrogens (tertiary/aromatic N) is 2. The fourth-order valence-corrected chi connectivity index (χ4v) is 2.63. The third kappa shape index (κ3) is 3.38. The van der Waals surface area contributed by atoms with E-state index < -0.39 is 0 Å². The van der Waals surface area contributed by atoms with Crippen molar-refractivity contribution in [2.24, 2.45) is 0 Å². The van der Waals surface area contributed by atoms with Gasteiger partial charge in [-0.05, 0) is 31.2 Å². The van der Waals surface area contributed by atoms with E-state index in [9.17, 15) is 4.79 Å². The summed E-state index contributed by atoms with van der Waals surface area (Å²) in [5, 5.41) is 7.08. The van der Waals surface area contributed by atoms with Gasteiger partial charge in [-0.3, -0.25) is 4.79 Å². The van der Waals surface area contributed by atoms with Crippen LogP contribution < -0.4 is 10.6 Å². The molecule has 0 unspecified atom stereocenters. The minimum atomic E-state index is -0.197. The predicted octanol–water partition coefficient (Wildman–Crippen LogP) is 2.54. The van der Waals surface area contributed by atoms with Gasteiger partial charge in [0.15, 0.2) is 0 Å². The number of carbonyl (C=O) groups excluding carboxylic acids is 1. The van der Waals surface area contributed by atoms with E-state index in [1.54, 1.807) is 24.3 Å². The Hall–Kier alpha value is -1.69. The Bertz CT molecular complexity index is 702. The molecule has 2 N–H and O–H groups in total. The van der Waals surface area contributed by atoms with Crippen LogP contribution in [0.3, 0.4) is 0 Å². The van der Waals surface area contributed by atoms with E-state index in [0.717, 1.165) is 25.1 Å². The zero-order chi connectivity index (χ0) is 15.5. The van der Waals surface area contributed by atoms with Gasteiger partial charge in [0.1, 0.15) is 12.0 Å². The number of rotatable bonds is 3. The van der Waals surface area contributed by atoms with Crippen LogP contribution in [-0.4, -0.2) is 35.0 Å². The van der Waals surface area contributed by atoms with Crippen molar-refractivity contribution in [3.05, 3.63) is 46.3 Å². The minimum absolute atomic E-state index is 0.149. The molecule has 0 radical (unpaired) electrons. The summed E-state index contributed by atoms with van der Waals surface area (Å²) in [5.41, 5.74) is 1.75. The van der Waals surface area contributed by atoms with Crippen LogP contribution in [0.2, 0.25) is 10.0 Å². The molecule has 1 aromatic carbocycles. The normalized spacial score (nSPS) is 17.5. The maximum absolute atomic E-state index is 12.2. The van der Waals surface area contributed by atoms with Gasteiger partial charge in [0.05, 0.1) is 15.7 Å². The number of halogens is 2. The van der Waals surface area contributed by atoms with E-state index in [0.29, 0.717) is 21.4 Å². The van der Waals surface area contributed by atoms with Crippen molar-refractivity contribution < 1.29 is 4.79 Å². The Labute approximate surface area is 138 Å². The van der Waals surface area contributed by atoms with Gasteiger partial charge in [0, 0.05) is 18.2 Å². The van der Waals surface area contributed by atoms with Gasteiger partial charge in [-0.15, -0.1) is 0 Å². The molecule has 1 saturated heterocycles. The molecule has 1 amide bonds. The van der Waals surface area contributed by atoms with Gasteiger partial charge in [0.2, 0.25) is 0 Å². The maximum atomic E-state index is 12.2. The number of carbonyl (C=O) groups is 1. The fraction of sp³-hybridized carbons (Fsp3) is 0.267. The Balaban J connectivity index is 1.82. The average molecular weight is 337 g/mol. The Morgan fingerprint density at radius 2 is 2.09 bits per heavy atom. The summed E-state index contributed by atoms with van der Waals surface area (Å²) in [6.07, 6.45) is 2.30. The Kier molecular flexibility index (Phi) is 4.57. The van der Waals surface area contributed by atoms with Crippen molar-refractivity contribution in [2.45, 2.75) is 12.5 Å². The number of benzene rings is 1. The molecule has 2 heterocycles. The summed E-state index contributed by atoms with van der Waals surface area (Å²) in [6.45, 7) is 1.71. The lowest BCUT2D eigenvalue weighted by atomic mass is 10.1. The highest BCUT2D eigenvalue weighted by atomic mass is 35.5. The first-order valence-corrected chi connectivity index (χ1v) is 7.68. The average Bonchev–Trinajstić information content (AvgIpc) is 3.03. The number of aromatic nitrogens is 2. The SMILES string of the molecule is O=C(N[C@@H]1CCNC1)c1cc(-c2ccc(Cl)c(Cl)c2)ncn1. The van der Waals surface area contributed by atoms with E-state index in [4.69, 9.17) is 23.2 Å². The molecule has 1 atom stereocenters. The van der Waals surface area contributed by atoms with Crippen molar-refractivity contribution >= 4 is 29.1 Å². The monoisotopic (exact) mass is 336 g/mol. The van der Waals surface area contributed by atoms with Crippen LogP contribution in [0.1, 0.15) is 16.9 Å². The lowest BCUT2D eigenvalue weighted by Crippen LogP contribution is -2.36. The van der Waals surface area contributed by atoms with Crippen molar-refractivity contribution in [3.63, 3.8) is 0 Å². The molecule has 5 nitrogen and oxygen atoms in total. The molecule has 2 aromatic rings. The lowest BCUT2D eigenvalue weighted by Gasteiger charge is -2.11. The molecule has 1 aliphatic heterocycles. The molecule has 1 fully saturated rings. The molecule has 7 heteroatoms. The minimum Gasteiger partial charge on any atom is -0.347 e. The third-order valence-electron chi connectivity index (χ3n) is 3.51. The Morgan fingerprint density at radius 1 is 1.23 bits per heavy atom. The largest absolute Gasteiger partial charge is 0.347 e. The van der Waals surface area contributed by atoms with Crippen LogP contribution in [0.15, 0.2) is 30.6 Å². The molecule has 0 saturated carbocycles. The first kappa shape index (κ1) is 15.2. The van der Waals surface area contributed by atoms with Gasteiger partial charge in [-0.25, -0.2) is 9.97 Å². The van der Waals surface area contributed by atoms with E-state index in [-0.39, 0.29) is 11.9 Å². The van der Waals surface area contributed by atoms with Crippen molar-refractivity contribution in [3.8, 4) is 11.3 Å². The molecular weight excluding hydrogens is 323 g/mol. The second-order valence-electron chi connectivity index (χ2n) is 5.08. The molecule has 0 bridgehead atoms. The van der Waals surface area contributed by atoms with Gasteiger partial charge in [0.25, 0.3) is 5.91 Å². The molecule has 22 heavy (non-hydrogen) atoms. The van der Waals surface area contributed by atoms with E-state index in [1.165, 1.54) is 6.33 Å². The van der Waals surface area contributed by atoms with Gasteiger partial charge >= 0.3 is 0 Å². The molecule has 0 spiro atoms. The first-order chi connectivity index (χ1) is 10.6. The summed E-state index contributed by atoms with van der Waals surface area (Å²) in [4.78, 5) is 20.5. The van der Waals surface area contributed by atoms with E-state index >= 15 is 0 Å². The fourth-order valence-electron chi connectivity index (χ4n) is 2.33. The zero-order valence-corrected chi connectivity index (χ0v) is 13.2. The van der Waals surface area contributed by atoms with Crippen LogP contribution in [-0.2, 0) is 0 Å². The van der Waals surface area contributed by atoms with Gasteiger partial charge < -0.3 is 10.6 Å². The van der Waals surface area contributed by atoms with Gasteiger partial charge in [-0.2, -0.15) is 0 Å².